The minimum absolute atomic E-state index is 0.221. The molecule has 0 bridgehead atoms. The van der Waals surface area contributed by atoms with Crippen molar-refractivity contribution in [2.24, 2.45) is 5.92 Å². The quantitative estimate of drug-likeness (QED) is 0.823. The lowest BCUT2D eigenvalue weighted by Gasteiger charge is -2.36. The van der Waals surface area contributed by atoms with E-state index in [1.54, 1.807) is 12.1 Å². The molecule has 0 spiro atoms. The summed E-state index contributed by atoms with van der Waals surface area (Å²) in [5.41, 5.74) is 1.52. The van der Waals surface area contributed by atoms with Gasteiger partial charge in [0.15, 0.2) is 6.29 Å². The number of aliphatic hydroxyl groups excluding tert-OH is 1. The first kappa shape index (κ1) is 12.4. The molecule has 17 heavy (non-hydrogen) atoms. The van der Waals surface area contributed by atoms with Crippen molar-refractivity contribution in [2.45, 2.75) is 19.4 Å². The second-order valence-corrected chi connectivity index (χ2v) is 5.04. The molecule has 3 nitrogen and oxygen atoms in total. The summed E-state index contributed by atoms with van der Waals surface area (Å²) in [5.74, 6) is 0.221. The molecule has 0 radical (unpaired) electrons. The van der Waals surface area contributed by atoms with Crippen LogP contribution in [0.2, 0.25) is 5.02 Å². The van der Waals surface area contributed by atoms with Crippen LogP contribution >= 0.6 is 11.6 Å². The van der Waals surface area contributed by atoms with Crippen molar-refractivity contribution >= 4 is 23.6 Å². The Bertz CT molecular complexity index is 422. The zero-order valence-electron chi connectivity index (χ0n) is 9.77. The van der Waals surface area contributed by atoms with Gasteiger partial charge in [-0.1, -0.05) is 18.5 Å². The van der Waals surface area contributed by atoms with Gasteiger partial charge in [0.25, 0.3) is 0 Å². The number of halogens is 1. The fourth-order valence-corrected chi connectivity index (χ4v) is 2.44. The largest absolute Gasteiger partial charge is 0.393 e. The van der Waals surface area contributed by atoms with Crippen molar-refractivity contribution in [3.8, 4) is 0 Å². The average Bonchev–Trinajstić information content (AvgIpc) is 2.32. The third kappa shape index (κ3) is 2.61. The van der Waals surface area contributed by atoms with Crippen LogP contribution in [0, 0.1) is 5.92 Å². The molecule has 92 valence electrons. The van der Waals surface area contributed by atoms with Gasteiger partial charge in [0.2, 0.25) is 0 Å². The summed E-state index contributed by atoms with van der Waals surface area (Å²) in [7, 11) is 0. The second-order valence-electron chi connectivity index (χ2n) is 4.60. The van der Waals surface area contributed by atoms with Crippen LogP contribution in [0.5, 0.6) is 0 Å². The van der Waals surface area contributed by atoms with Gasteiger partial charge < -0.3 is 10.0 Å². The van der Waals surface area contributed by atoms with Crippen molar-refractivity contribution in [1.82, 2.24) is 0 Å². The van der Waals surface area contributed by atoms with E-state index in [4.69, 9.17) is 11.6 Å². The van der Waals surface area contributed by atoms with E-state index >= 15 is 0 Å². The minimum Gasteiger partial charge on any atom is -0.393 e. The number of aliphatic hydroxyl groups is 1. The summed E-state index contributed by atoms with van der Waals surface area (Å²) in [4.78, 5) is 13.2. The Balaban J connectivity index is 2.25. The first-order valence-corrected chi connectivity index (χ1v) is 6.17. The Hall–Kier alpha value is -1.06. The maximum absolute atomic E-state index is 11.0. The molecule has 2 atom stereocenters. The minimum atomic E-state index is -0.238. The van der Waals surface area contributed by atoms with Gasteiger partial charge in [0.05, 0.1) is 6.10 Å². The summed E-state index contributed by atoms with van der Waals surface area (Å²) in [6.07, 6.45) is 1.33. The predicted molar refractivity (Wildman–Crippen MR) is 68.8 cm³/mol. The second kappa shape index (κ2) is 5.07. The van der Waals surface area contributed by atoms with Gasteiger partial charge in [-0.25, -0.2) is 0 Å². The first-order chi connectivity index (χ1) is 8.11. The molecule has 1 N–H and O–H groups in total. The van der Waals surface area contributed by atoms with Gasteiger partial charge in [-0.05, 0) is 30.5 Å². The lowest BCUT2D eigenvalue weighted by Crippen LogP contribution is -2.42. The monoisotopic (exact) mass is 253 g/mol. The molecule has 1 aromatic carbocycles. The summed E-state index contributed by atoms with van der Waals surface area (Å²) < 4.78 is 0. The lowest BCUT2D eigenvalue weighted by molar-refractivity contribution is 0.0970. The average molecular weight is 254 g/mol. The van der Waals surface area contributed by atoms with Crippen LogP contribution in [0.15, 0.2) is 18.2 Å². The highest BCUT2D eigenvalue weighted by Crippen LogP contribution is 2.27. The number of rotatable bonds is 2. The standard InChI is InChI=1S/C13H16ClNO2/c1-9-7-15(5-4-13(9)17)12-3-2-11(14)6-10(12)8-16/h2-3,6,8-9,13,17H,4-5,7H2,1H3. The Morgan fingerprint density at radius 1 is 1.53 bits per heavy atom. The van der Waals surface area contributed by atoms with Gasteiger partial charge >= 0.3 is 0 Å². The molecule has 1 saturated heterocycles. The van der Waals surface area contributed by atoms with Crippen LogP contribution in [0.1, 0.15) is 23.7 Å². The Morgan fingerprint density at radius 2 is 2.29 bits per heavy atom. The molecule has 0 saturated carbocycles. The number of piperidine rings is 1. The highest BCUT2D eigenvalue weighted by molar-refractivity contribution is 6.31. The molecule has 0 aliphatic carbocycles. The number of benzene rings is 1. The highest BCUT2D eigenvalue weighted by Gasteiger charge is 2.25. The van der Waals surface area contributed by atoms with E-state index in [0.29, 0.717) is 10.6 Å². The van der Waals surface area contributed by atoms with E-state index in [0.717, 1.165) is 31.5 Å². The van der Waals surface area contributed by atoms with Crippen molar-refractivity contribution < 1.29 is 9.90 Å². The number of aldehydes is 1. The van der Waals surface area contributed by atoms with Crippen molar-refractivity contribution in [3.05, 3.63) is 28.8 Å². The maximum atomic E-state index is 11.0. The SMILES string of the molecule is CC1CN(c2ccc(Cl)cc2C=O)CCC1O. The third-order valence-electron chi connectivity index (χ3n) is 3.32. The van der Waals surface area contributed by atoms with Crippen LogP contribution in [0.25, 0.3) is 0 Å². The van der Waals surface area contributed by atoms with Crippen molar-refractivity contribution in [3.63, 3.8) is 0 Å². The van der Waals surface area contributed by atoms with Gasteiger partial charge in [0, 0.05) is 29.4 Å². The molecule has 4 heteroatoms. The number of carbonyl (C=O) groups excluding carboxylic acids is 1. The first-order valence-electron chi connectivity index (χ1n) is 5.79. The van der Waals surface area contributed by atoms with E-state index in [-0.39, 0.29) is 12.0 Å². The van der Waals surface area contributed by atoms with E-state index in [9.17, 15) is 9.90 Å². The smallest absolute Gasteiger partial charge is 0.152 e. The number of hydrogen-bond acceptors (Lipinski definition) is 3. The molecular formula is C13H16ClNO2. The van der Waals surface area contributed by atoms with Crippen LogP contribution in [0.3, 0.4) is 0 Å². The molecule has 2 rings (SSSR count). The van der Waals surface area contributed by atoms with Crippen LogP contribution in [0.4, 0.5) is 5.69 Å². The summed E-state index contributed by atoms with van der Waals surface area (Å²) >= 11 is 5.87. The summed E-state index contributed by atoms with van der Waals surface area (Å²) in [5, 5.41) is 10.3. The highest BCUT2D eigenvalue weighted by atomic mass is 35.5. The number of carbonyl (C=O) groups is 1. The molecule has 1 aliphatic rings. The normalized spacial score (nSPS) is 24.8. The van der Waals surface area contributed by atoms with Gasteiger partial charge in [-0.2, -0.15) is 0 Å². The zero-order valence-corrected chi connectivity index (χ0v) is 10.5. The van der Waals surface area contributed by atoms with E-state index in [2.05, 4.69) is 4.90 Å². The topological polar surface area (TPSA) is 40.5 Å². The number of nitrogens with zero attached hydrogens (tertiary/aromatic N) is 1. The van der Waals surface area contributed by atoms with E-state index in [1.165, 1.54) is 0 Å². The fourth-order valence-electron chi connectivity index (χ4n) is 2.26. The van der Waals surface area contributed by atoms with Gasteiger partial charge in [-0.15, -0.1) is 0 Å². The van der Waals surface area contributed by atoms with E-state index in [1.807, 2.05) is 13.0 Å². The lowest BCUT2D eigenvalue weighted by atomic mass is 9.96. The van der Waals surface area contributed by atoms with Crippen LogP contribution in [-0.2, 0) is 0 Å². The van der Waals surface area contributed by atoms with Crippen molar-refractivity contribution in [2.75, 3.05) is 18.0 Å². The van der Waals surface area contributed by atoms with Gasteiger partial charge in [0.1, 0.15) is 0 Å². The molecule has 1 heterocycles. The zero-order chi connectivity index (χ0) is 12.4. The van der Waals surface area contributed by atoms with E-state index < -0.39 is 0 Å². The Kier molecular flexibility index (Phi) is 3.69. The molecule has 1 aliphatic heterocycles. The number of anilines is 1. The predicted octanol–water partition coefficient (Wildman–Crippen LogP) is 2.36. The molecule has 1 fully saturated rings. The molecule has 0 amide bonds. The number of hydrogen-bond donors (Lipinski definition) is 1. The maximum Gasteiger partial charge on any atom is 0.152 e. The molecule has 2 unspecified atom stereocenters. The molecular weight excluding hydrogens is 238 g/mol. The van der Waals surface area contributed by atoms with Crippen LogP contribution in [-0.4, -0.2) is 30.6 Å². The fraction of sp³-hybridized carbons (Fsp3) is 0.462. The summed E-state index contributed by atoms with van der Waals surface area (Å²) in [6.45, 7) is 3.56. The Labute approximate surface area is 106 Å². The van der Waals surface area contributed by atoms with Crippen LogP contribution < -0.4 is 4.90 Å². The molecule has 1 aromatic rings. The third-order valence-corrected chi connectivity index (χ3v) is 3.55. The van der Waals surface area contributed by atoms with Crippen molar-refractivity contribution in [1.29, 1.82) is 0 Å². The molecule has 0 aromatic heterocycles. The Morgan fingerprint density at radius 3 is 2.94 bits per heavy atom. The van der Waals surface area contributed by atoms with Gasteiger partial charge in [-0.3, -0.25) is 4.79 Å². The summed E-state index contributed by atoms with van der Waals surface area (Å²) in [6, 6.07) is 5.34.